The van der Waals surface area contributed by atoms with Crippen LogP contribution in [0, 0.1) is 0 Å². The maximum Gasteiger partial charge on any atom is 0.416 e. The van der Waals surface area contributed by atoms with Gasteiger partial charge in [-0.15, -0.1) is 0 Å². The zero-order valence-corrected chi connectivity index (χ0v) is 13.2. The first-order chi connectivity index (χ1) is 10.8. The fraction of sp³-hybridized carbons (Fsp3) is 0.588. The van der Waals surface area contributed by atoms with Crippen LogP contribution in [0.3, 0.4) is 0 Å². The largest absolute Gasteiger partial charge is 0.416 e. The fourth-order valence-electron chi connectivity index (χ4n) is 3.25. The molecular formula is C17H23F3N2O. The van der Waals surface area contributed by atoms with Crippen LogP contribution < -0.4 is 11.1 Å². The average Bonchev–Trinajstić information content (AvgIpc) is 2.71. The van der Waals surface area contributed by atoms with Crippen molar-refractivity contribution < 1.29 is 18.0 Å². The molecule has 0 heterocycles. The Kier molecular flexibility index (Phi) is 5.68. The summed E-state index contributed by atoms with van der Waals surface area (Å²) in [5.41, 5.74) is 5.25. The van der Waals surface area contributed by atoms with Gasteiger partial charge in [0, 0.05) is 12.0 Å². The summed E-state index contributed by atoms with van der Waals surface area (Å²) in [6, 6.07) is 4.70. The first-order valence-corrected chi connectivity index (χ1v) is 8.02. The summed E-state index contributed by atoms with van der Waals surface area (Å²) in [4.78, 5) is 11.9. The van der Waals surface area contributed by atoms with Crippen molar-refractivity contribution in [1.29, 1.82) is 0 Å². The van der Waals surface area contributed by atoms with E-state index in [1.807, 2.05) is 0 Å². The summed E-state index contributed by atoms with van der Waals surface area (Å²) in [6.07, 6.45) is -0.351. The molecule has 128 valence electrons. The van der Waals surface area contributed by atoms with E-state index < -0.39 is 17.8 Å². The quantitative estimate of drug-likeness (QED) is 0.833. The maximum atomic E-state index is 13.3. The summed E-state index contributed by atoms with van der Waals surface area (Å²) in [5.74, 6) is -0.649. The third-order valence-corrected chi connectivity index (χ3v) is 4.42. The Hall–Kier alpha value is -1.56. The topological polar surface area (TPSA) is 55.1 Å². The number of carbonyl (C=O) groups is 1. The van der Waals surface area contributed by atoms with Gasteiger partial charge in [-0.25, -0.2) is 0 Å². The Morgan fingerprint density at radius 3 is 2.52 bits per heavy atom. The van der Waals surface area contributed by atoms with Gasteiger partial charge in [0.25, 0.3) is 0 Å². The van der Waals surface area contributed by atoms with Crippen LogP contribution in [0.2, 0.25) is 0 Å². The smallest absolute Gasteiger partial charge is 0.351 e. The zero-order valence-electron chi connectivity index (χ0n) is 13.2. The van der Waals surface area contributed by atoms with Gasteiger partial charge >= 0.3 is 6.18 Å². The third-order valence-electron chi connectivity index (χ3n) is 4.42. The van der Waals surface area contributed by atoms with E-state index in [4.69, 9.17) is 5.73 Å². The minimum Gasteiger partial charge on any atom is -0.351 e. The molecule has 0 saturated heterocycles. The highest BCUT2D eigenvalue weighted by Gasteiger charge is 2.37. The lowest BCUT2D eigenvalue weighted by Gasteiger charge is -2.29. The number of alkyl halides is 3. The lowest BCUT2D eigenvalue weighted by Crippen LogP contribution is -2.46. The molecule has 1 saturated carbocycles. The van der Waals surface area contributed by atoms with E-state index in [2.05, 4.69) is 5.32 Å². The predicted molar refractivity (Wildman–Crippen MR) is 82.9 cm³/mol. The van der Waals surface area contributed by atoms with Crippen molar-refractivity contribution in [3.8, 4) is 0 Å². The fourth-order valence-corrected chi connectivity index (χ4v) is 3.25. The average molecular weight is 328 g/mol. The standard InChI is InChI=1S/C17H23F3N2O/c1-11(21)16(23)22-15-10-4-2-3-8-13(15)12-7-5-6-9-14(12)17(18,19)20/h5-7,9,11,13,15H,2-4,8,10,21H2,1H3,(H,22,23)/t11-,13?,15?/m1/s1. The van der Waals surface area contributed by atoms with Gasteiger partial charge in [-0.3, -0.25) is 4.79 Å². The first kappa shape index (κ1) is 17.8. The number of benzene rings is 1. The van der Waals surface area contributed by atoms with Gasteiger partial charge < -0.3 is 11.1 Å². The van der Waals surface area contributed by atoms with E-state index in [-0.39, 0.29) is 23.4 Å². The van der Waals surface area contributed by atoms with Crippen molar-refractivity contribution >= 4 is 5.91 Å². The Bertz CT molecular complexity index is 543. The summed E-state index contributed by atoms with van der Waals surface area (Å²) in [7, 11) is 0. The summed E-state index contributed by atoms with van der Waals surface area (Å²) >= 11 is 0. The first-order valence-electron chi connectivity index (χ1n) is 8.02. The molecule has 0 bridgehead atoms. The lowest BCUT2D eigenvalue weighted by molar-refractivity contribution is -0.138. The van der Waals surface area contributed by atoms with E-state index in [9.17, 15) is 18.0 Å². The van der Waals surface area contributed by atoms with Gasteiger partial charge in [0.05, 0.1) is 11.6 Å². The Labute approximate surface area is 134 Å². The summed E-state index contributed by atoms with van der Waals surface area (Å²) in [6.45, 7) is 1.57. The second-order valence-electron chi connectivity index (χ2n) is 6.23. The second kappa shape index (κ2) is 7.34. The monoisotopic (exact) mass is 328 g/mol. The van der Waals surface area contributed by atoms with E-state index in [0.717, 1.165) is 25.3 Å². The highest BCUT2D eigenvalue weighted by atomic mass is 19.4. The van der Waals surface area contributed by atoms with Crippen molar-refractivity contribution in [3.05, 3.63) is 35.4 Å². The van der Waals surface area contributed by atoms with Gasteiger partial charge in [-0.1, -0.05) is 37.5 Å². The molecule has 2 rings (SSSR count). The van der Waals surface area contributed by atoms with Crippen molar-refractivity contribution in [2.75, 3.05) is 0 Å². The van der Waals surface area contributed by atoms with E-state index in [1.54, 1.807) is 13.0 Å². The molecular weight excluding hydrogens is 305 g/mol. The van der Waals surface area contributed by atoms with Crippen LogP contribution in [-0.2, 0) is 11.0 Å². The molecule has 3 nitrogen and oxygen atoms in total. The molecule has 1 aliphatic rings. The second-order valence-corrected chi connectivity index (χ2v) is 6.23. The van der Waals surface area contributed by atoms with Crippen molar-refractivity contribution in [3.63, 3.8) is 0 Å². The SMILES string of the molecule is C[C@@H](N)C(=O)NC1CCCCCC1c1ccccc1C(F)(F)F. The molecule has 0 spiro atoms. The molecule has 3 atom stereocenters. The van der Waals surface area contributed by atoms with Crippen LogP contribution in [0.15, 0.2) is 24.3 Å². The molecule has 23 heavy (non-hydrogen) atoms. The van der Waals surface area contributed by atoms with Crippen LogP contribution in [0.25, 0.3) is 0 Å². The summed E-state index contributed by atoms with van der Waals surface area (Å²) < 4.78 is 39.9. The van der Waals surface area contributed by atoms with Gasteiger partial charge in [0.15, 0.2) is 0 Å². The van der Waals surface area contributed by atoms with Crippen molar-refractivity contribution in [2.45, 2.75) is 63.2 Å². The van der Waals surface area contributed by atoms with E-state index in [0.29, 0.717) is 12.8 Å². The van der Waals surface area contributed by atoms with Crippen molar-refractivity contribution in [1.82, 2.24) is 5.32 Å². The molecule has 3 N–H and O–H groups in total. The van der Waals surface area contributed by atoms with Crippen molar-refractivity contribution in [2.24, 2.45) is 5.73 Å². The van der Waals surface area contributed by atoms with Gasteiger partial charge in [-0.2, -0.15) is 13.2 Å². The van der Waals surface area contributed by atoms with Crippen LogP contribution in [0.1, 0.15) is 56.1 Å². The minimum atomic E-state index is -4.39. The van der Waals surface area contributed by atoms with Crippen LogP contribution in [-0.4, -0.2) is 18.0 Å². The number of nitrogens with two attached hydrogens (primary N) is 1. The highest BCUT2D eigenvalue weighted by Crippen LogP contribution is 2.40. The number of carbonyl (C=O) groups excluding carboxylic acids is 1. The number of hydrogen-bond donors (Lipinski definition) is 2. The highest BCUT2D eigenvalue weighted by molar-refractivity contribution is 5.81. The molecule has 0 aromatic heterocycles. The third kappa shape index (κ3) is 4.47. The molecule has 0 radical (unpaired) electrons. The Morgan fingerprint density at radius 1 is 1.22 bits per heavy atom. The van der Waals surface area contributed by atoms with E-state index in [1.165, 1.54) is 12.1 Å². The Balaban J connectivity index is 2.35. The normalized spacial score (nSPS) is 23.9. The van der Waals surface area contributed by atoms with Gasteiger partial charge in [0.1, 0.15) is 0 Å². The maximum absolute atomic E-state index is 13.3. The Morgan fingerprint density at radius 2 is 1.87 bits per heavy atom. The molecule has 1 aromatic rings. The molecule has 2 unspecified atom stereocenters. The number of rotatable bonds is 3. The molecule has 1 amide bonds. The predicted octanol–water partition coefficient (Wildman–Crippen LogP) is 3.59. The number of nitrogens with one attached hydrogen (secondary N) is 1. The van der Waals surface area contributed by atoms with Crippen LogP contribution in [0.5, 0.6) is 0 Å². The number of halogens is 3. The number of hydrogen-bond acceptors (Lipinski definition) is 2. The molecule has 0 aliphatic heterocycles. The van der Waals surface area contributed by atoms with Gasteiger partial charge in [0.2, 0.25) is 5.91 Å². The number of amides is 1. The molecule has 1 fully saturated rings. The molecule has 1 aliphatic carbocycles. The van der Waals surface area contributed by atoms with Crippen LogP contribution in [0.4, 0.5) is 13.2 Å². The molecule has 1 aromatic carbocycles. The zero-order chi connectivity index (χ0) is 17.0. The van der Waals surface area contributed by atoms with Gasteiger partial charge in [-0.05, 0) is 31.4 Å². The molecule has 6 heteroatoms. The lowest BCUT2D eigenvalue weighted by atomic mass is 9.84. The van der Waals surface area contributed by atoms with Crippen LogP contribution >= 0.6 is 0 Å². The van der Waals surface area contributed by atoms with E-state index >= 15 is 0 Å². The minimum absolute atomic E-state index is 0.275. The summed E-state index contributed by atoms with van der Waals surface area (Å²) in [5, 5.41) is 2.85.